The van der Waals surface area contributed by atoms with E-state index in [0.717, 1.165) is 5.56 Å². The number of H-pyrrole nitrogens is 1. The molecule has 2 rings (SSSR count). The minimum Gasteiger partial charge on any atom is -0.394 e. The van der Waals surface area contributed by atoms with E-state index in [9.17, 15) is 14.4 Å². The van der Waals surface area contributed by atoms with Crippen molar-refractivity contribution >= 4 is 17.3 Å². The monoisotopic (exact) mass is 298 g/mol. The molecule has 5 heteroatoms. The van der Waals surface area contributed by atoms with Gasteiger partial charge in [-0.3, -0.25) is 14.4 Å². The highest BCUT2D eigenvalue weighted by atomic mass is 16.1. The number of ketones is 2. The van der Waals surface area contributed by atoms with Crippen LogP contribution in [0.3, 0.4) is 0 Å². The number of nitrogen functional groups attached to an aromatic ring is 1. The smallest absolute Gasteiger partial charge is 0.272 e. The summed E-state index contributed by atoms with van der Waals surface area (Å²) in [6.07, 6.45) is 0.570. The third-order valence-corrected chi connectivity index (χ3v) is 3.68. The maximum Gasteiger partial charge on any atom is 0.272 e. The molecule has 0 aliphatic carbocycles. The summed E-state index contributed by atoms with van der Waals surface area (Å²) in [4.78, 5) is 38.7. The number of aryl methyl sites for hydroxylation is 1. The number of nitrogens with one attached hydrogen (secondary N) is 1. The van der Waals surface area contributed by atoms with Crippen molar-refractivity contribution in [1.82, 2.24) is 4.98 Å². The first-order chi connectivity index (χ1) is 10.4. The first kappa shape index (κ1) is 15.7. The predicted octanol–water partition coefficient (Wildman–Crippen LogP) is 2.26. The molecule has 22 heavy (non-hydrogen) atoms. The Morgan fingerprint density at radius 3 is 2.45 bits per heavy atom. The molecule has 3 N–H and O–H groups in total. The molecule has 0 spiro atoms. The van der Waals surface area contributed by atoms with E-state index in [-0.39, 0.29) is 22.8 Å². The van der Waals surface area contributed by atoms with E-state index in [2.05, 4.69) is 4.98 Å². The van der Waals surface area contributed by atoms with Crippen LogP contribution >= 0.6 is 0 Å². The van der Waals surface area contributed by atoms with Crippen molar-refractivity contribution in [3.8, 4) is 0 Å². The SMILES string of the molecule is CCc1c(C)[nH]c(=O)c(N)c1C(=O)c1cccc(C(C)=O)c1. The van der Waals surface area contributed by atoms with Gasteiger partial charge in [0.05, 0.1) is 5.56 Å². The van der Waals surface area contributed by atoms with Crippen LogP contribution in [0.2, 0.25) is 0 Å². The zero-order valence-electron chi connectivity index (χ0n) is 12.8. The summed E-state index contributed by atoms with van der Waals surface area (Å²) in [6, 6.07) is 6.43. The van der Waals surface area contributed by atoms with Crippen LogP contribution in [0.15, 0.2) is 29.1 Å². The van der Waals surface area contributed by atoms with Gasteiger partial charge in [0.25, 0.3) is 5.56 Å². The van der Waals surface area contributed by atoms with Gasteiger partial charge in [-0.05, 0) is 31.9 Å². The average molecular weight is 298 g/mol. The summed E-state index contributed by atoms with van der Waals surface area (Å²) in [5, 5.41) is 0. The molecule has 1 aromatic heterocycles. The first-order valence-electron chi connectivity index (χ1n) is 7.03. The molecule has 0 aliphatic heterocycles. The number of pyridine rings is 1. The Morgan fingerprint density at radius 2 is 1.86 bits per heavy atom. The number of carbonyl (C=O) groups is 2. The van der Waals surface area contributed by atoms with Gasteiger partial charge in [0.15, 0.2) is 11.6 Å². The number of hydrogen-bond acceptors (Lipinski definition) is 4. The number of Topliss-reactive ketones (excluding diaryl/α,β-unsaturated/α-hetero) is 1. The van der Waals surface area contributed by atoms with Crippen LogP contribution < -0.4 is 11.3 Å². The number of benzene rings is 1. The number of hydrogen-bond donors (Lipinski definition) is 2. The summed E-state index contributed by atoms with van der Waals surface area (Å²) >= 11 is 0. The van der Waals surface area contributed by atoms with Gasteiger partial charge < -0.3 is 10.7 Å². The van der Waals surface area contributed by atoms with Crippen LogP contribution in [0, 0.1) is 6.92 Å². The summed E-state index contributed by atoms with van der Waals surface area (Å²) in [7, 11) is 0. The van der Waals surface area contributed by atoms with Crippen molar-refractivity contribution in [2.24, 2.45) is 0 Å². The molecule has 0 fully saturated rings. The van der Waals surface area contributed by atoms with Crippen molar-refractivity contribution in [1.29, 1.82) is 0 Å². The van der Waals surface area contributed by atoms with Gasteiger partial charge in [0, 0.05) is 16.8 Å². The van der Waals surface area contributed by atoms with Crippen molar-refractivity contribution in [2.45, 2.75) is 27.2 Å². The molecule has 0 amide bonds. The number of carbonyl (C=O) groups excluding carboxylic acids is 2. The van der Waals surface area contributed by atoms with E-state index in [1.54, 1.807) is 25.1 Å². The topological polar surface area (TPSA) is 93.0 Å². The number of nitrogens with two attached hydrogens (primary N) is 1. The lowest BCUT2D eigenvalue weighted by Gasteiger charge is -2.13. The lowest BCUT2D eigenvalue weighted by atomic mass is 9.94. The Labute approximate surface area is 128 Å². The molecule has 1 aromatic carbocycles. The van der Waals surface area contributed by atoms with E-state index in [1.807, 2.05) is 6.92 Å². The summed E-state index contributed by atoms with van der Waals surface area (Å²) in [5.41, 5.74) is 7.65. The third kappa shape index (κ3) is 2.70. The Balaban J connectivity index is 2.66. The van der Waals surface area contributed by atoms with Crippen LogP contribution in [-0.2, 0) is 6.42 Å². The Kier molecular flexibility index (Phi) is 4.26. The second-order valence-corrected chi connectivity index (χ2v) is 5.17. The zero-order valence-corrected chi connectivity index (χ0v) is 12.8. The van der Waals surface area contributed by atoms with E-state index in [0.29, 0.717) is 23.2 Å². The summed E-state index contributed by atoms with van der Waals surface area (Å²) in [6.45, 7) is 5.07. The average Bonchev–Trinajstić information content (AvgIpc) is 2.50. The number of aromatic nitrogens is 1. The maximum absolute atomic E-state index is 12.8. The van der Waals surface area contributed by atoms with Gasteiger partial charge in [-0.1, -0.05) is 25.1 Å². The molecule has 0 unspecified atom stereocenters. The molecule has 0 atom stereocenters. The zero-order chi connectivity index (χ0) is 16.4. The molecule has 5 nitrogen and oxygen atoms in total. The molecule has 114 valence electrons. The second-order valence-electron chi connectivity index (χ2n) is 5.17. The van der Waals surface area contributed by atoms with Gasteiger partial charge >= 0.3 is 0 Å². The molecule has 0 radical (unpaired) electrons. The first-order valence-corrected chi connectivity index (χ1v) is 7.03. The fourth-order valence-corrected chi connectivity index (χ4v) is 2.50. The molecule has 0 aliphatic rings. The van der Waals surface area contributed by atoms with Crippen LogP contribution in [0.4, 0.5) is 5.69 Å². The summed E-state index contributed by atoms with van der Waals surface area (Å²) in [5.74, 6) is -0.466. The third-order valence-electron chi connectivity index (χ3n) is 3.68. The normalized spacial score (nSPS) is 10.5. The summed E-state index contributed by atoms with van der Waals surface area (Å²) < 4.78 is 0. The van der Waals surface area contributed by atoms with Crippen LogP contribution in [0.25, 0.3) is 0 Å². The minimum atomic E-state index is -0.472. The van der Waals surface area contributed by atoms with Gasteiger partial charge in [0.2, 0.25) is 0 Å². The van der Waals surface area contributed by atoms with Gasteiger partial charge in [-0.15, -0.1) is 0 Å². The van der Waals surface area contributed by atoms with Gasteiger partial charge in [-0.25, -0.2) is 0 Å². The number of aromatic amines is 1. The van der Waals surface area contributed by atoms with Gasteiger partial charge in [-0.2, -0.15) is 0 Å². The lowest BCUT2D eigenvalue weighted by Crippen LogP contribution is -2.22. The van der Waals surface area contributed by atoms with E-state index >= 15 is 0 Å². The molecular formula is C17H18N2O3. The second kappa shape index (κ2) is 5.97. The fraction of sp³-hybridized carbons (Fsp3) is 0.235. The predicted molar refractivity (Wildman–Crippen MR) is 85.5 cm³/mol. The highest BCUT2D eigenvalue weighted by Gasteiger charge is 2.21. The van der Waals surface area contributed by atoms with E-state index < -0.39 is 5.56 Å². The molecule has 0 saturated heterocycles. The van der Waals surface area contributed by atoms with Crippen molar-refractivity contribution in [3.05, 3.63) is 62.6 Å². The highest BCUT2D eigenvalue weighted by Crippen LogP contribution is 2.21. The van der Waals surface area contributed by atoms with Crippen molar-refractivity contribution < 1.29 is 9.59 Å². The van der Waals surface area contributed by atoms with Crippen LogP contribution in [0.1, 0.15) is 51.4 Å². The van der Waals surface area contributed by atoms with Crippen LogP contribution in [0.5, 0.6) is 0 Å². The lowest BCUT2D eigenvalue weighted by molar-refractivity contribution is 0.101. The molecule has 2 aromatic rings. The molecular weight excluding hydrogens is 280 g/mol. The fourth-order valence-electron chi connectivity index (χ4n) is 2.50. The highest BCUT2D eigenvalue weighted by molar-refractivity contribution is 6.13. The molecule has 1 heterocycles. The van der Waals surface area contributed by atoms with Crippen LogP contribution in [-0.4, -0.2) is 16.6 Å². The number of anilines is 1. The quantitative estimate of drug-likeness (QED) is 0.847. The van der Waals surface area contributed by atoms with Crippen molar-refractivity contribution in [3.63, 3.8) is 0 Å². The maximum atomic E-state index is 12.8. The molecule has 0 bridgehead atoms. The Hall–Kier alpha value is -2.69. The standard InChI is InChI=1S/C17H18N2O3/c1-4-13-9(2)19-17(22)15(18)14(13)16(21)12-7-5-6-11(8-12)10(3)20/h5-8H,4,18H2,1-3H3,(H,19,22). The van der Waals surface area contributed by atoms with E-state index in [1.165, 1.54) is 13.0 Å². The van der Waals surface area contributed by atoms with Crippen molar-refractivity contribution in [2.75, 3.05) is 5.73 Å². The largest absolute Gasteiger partial charge is 0.394 e. The Bertz CT molecular complexity index is 819. The molecule has 0 saturated carbocycles. The van der Waals surface area contributed by atoms with Gasteiger partial charge in [0.1, 0.15) is 5.69 Å². The minimum absolute atomic E-state index is 0.0827. The van der Waals surface area contributed by atoms with E-state index in [4.69, 9.17) is 5.73 Å². The Morgan fingerprint density at radius 1 is 1.23 bits per heavy atom. The number of rotatable bonds is 4.